The van der Waals surface area contributed by atoms with Crippen molar-refractivity contribution in [2.24, 2.45) is 5.92 Å². The molecule has 1 saturated carbocycles. The van der Waals surface area contributed by atoms with Gasteiger partial charge in [0.05, 0.1) is 30.1 Å². The number of aromatic nitrogens is 1. The van der Waals surface area contributed by atoms with Crippen LogP contribution in [-0.4, -0.2) is 54.4 Å². The van der Waals surface area contributed by atoms with Crippen molar-refractivity contribution in [1.82, 2.24) is 9.72 Å². The van der Waals surface area contributed by atoms with E-state index in [0.717, 1.165) is 63.8 Å². The topological polar surface area (TPSA) is 83.3 Å². The Morgan fingerprint density at radius 2 is 2.00 bits per heavy atom. The molecule has 32 heavy (non-hydrogen) atoms. The van der Waals surface area contributed by atoms with Crippen molar-refractivity contribution >= 4 is 17.2 Å². The quantitative estimate of drug-likeness (QED) is 0.714. The lowest BCUT2D eigenvalue weighted by Gasteiger charge is -2.26. The average molecular weight is 444 g/mol. The SMILES string of the molecule is Cc1c(N2CC[C@@H](COC3CCNCC3)C2)c(F)cn2c(=O)c(C(=O)O)cc(C3CC3)c12. The Kier molecular flexibility index (Phi) is 5.67. The van der Waals surface area contributed by atoms with Gasteiger partial charge in [-0.25, -0.2) is 9.18 Å². The fourth-order valence-electron chi connectivity index (χ4n) is 5.30. The molecule has 172 valence electrons. The van der Waals surface area contributed by atoms with Gasteiger partial charge >= 0.3 is 5.97 Å². The van der Waals surface area contributed by atoms with Crippen molar-refractivity contribution in [3.63, 3.8) is 0 Å². The van der Waals surface area contributed by atoms with Crippen LogP contribution in [0.2, 0.25) is 0 Å². The number of nitrogens with zero attached hydrogens (tertiary/aromatic N) is 2. The number of nitrogens with one attached hydrogen (secondary N) is 1. The summed E-state index contributed by atoms with van der Waals surface area (Å²) in [6.45, 7) is 5.98. The van der Waals surface area contributed by atoms with Crippen LogP contribution in [0.1, 0.15) is 59.5 Å². The van der Waals surface area contributed by atoms with E-state index in [1.165, 1.54) is 16.7 Å². The molecule has 0 radical (unpaired) electrons. The number of hydrogen-bond acceptors (Lipinski definition) is 5. The Hall–Kier alpha value is -2.45. The summed E-state index contributed by atoms with van der Waals surface area (Å²) in [5.74, 6) is -1.18. The van der Waals surface area contributed by atoms with Gasteiger partial charge in [-0.1, -0.05) is 0 Å². The maximum Gasteiger partial charge on any atom is 0.341 e. The second-order valence-electron chi connectivity index (χ2n) is 9.45. The maximum absolute atomic E-state index is 15.3. The van der Waals surface area contributed by atoms with Gasteiger partial charge in [0.15, 0.2) is 5.82 Å². The molecule has 0 bridgehead atoms. The van der Waals surface area contributed by atoms with Crippen molar-refractivity contribution < 1.29 is 19.0 Å². The second-order valence-corrected chi connectivity index (χ2v) is 9.45. The van der Waals surface area contributed by atoms with E-state index in [4.69, 9.17) is 4.74 Å². The molecule has 7 nitrogen and oxygen atoms in total. The third-order valence-corrected chi connectivity index (χ3v) is 7.15. The third-order valence-electron chi connectivity index (χ3n) is 7.15. The van der Waals surface area contributed by atoms with E-state index in [2.05, 4.69) is 10.2 Å². The Bertz CT molecular complexity index is 1100. The monoisotopic (exact) mass is 443 g/mol. The molecule has 3 aliphatic rings. The first-order chi connectivity index (χ1) is 15.4. The van der Waals surface area contributed by atoms with Gasteiger partial charge in [0.2, 0.25) is 0 Å². The first kappa shape index (κ1) is 21.4. The summed E-state index contributed by atoms with van der Waals surface area (Å²) in [5.41, 5.74) is 1.76. The van der Waals surface area contributed by atoms with Crippen LogP contribution in [0.25, 0.3) is 5.52 Å². The Morgan fingerprint density at radius 1 is 1.25 bits per heavy atom. The van der Waals surface area contributed by atoms with Crippen LogP contribution in [0.4, 0.5) is 10.1 Å². The molecule has 5 rings (SSSR count). The first-order valence-corrected chi connectivity index (χ1v) is 11.6. The zero-order chi connectivity index (χ0) is 22.4. The number of fused-ring (bicyclic) bond motifs is 1. The van der Waals surface area contributed by atoms with Gasteiger partial charge < -0.3 is 20.1 Å². The molecule has 2 aliphatic heterocycles. The molecule has 4 heterocycles. The minimum absolute atomic E-state index is 0.227. The highest BCUT2D eigenvalue weighted by Crippen LogP contribution is 2.44. The van der Waals surface area contributed by atoms with Gasteiger partial charge in [-0.15, -0.1) is 0 Å². The highest BCUT2D eigenvalue weighted by atomic mass is 19.1. The number of anilines is 1. The summed E-state index contributed by atoms with van der Waals surface area (Å²) in [4.78, 5) is 26.4. The number of carbonyl (C=O) groups is 1. The van der Waals surface area contributed by atoms with Gasteiger partial charge in [-0.3, -0.25) is 9.20 Å². The van der Waals surface area contributed by atoms with Crippen molar-refractivity contribution in [2.75, 3.05) is 37.7 Å². The predicted octanol–water partition coefficient (Wildman–Crippen LogP) is 2.92. The van der Waals surface area contributed by atoms with Crippen molar-refractivity contribution in [1.29, 1.82) is 0 Å². The van der Waals surface area contributed by atoms with Gasteiger partial charge in [-0.05, 0) is 75.2 Å². The van der Waals surface area contributed by atoms with E-state index in [9.17, 15) is 14.7 Å². The van der Waals surface area contributed by atoms with Crippen molar-refractivity contribution in [3.05, 3.63) is 45.1 Å². The zero-order valence-corrected chi connectivity index (χ0v) is 18.4. The summed E-state index contributed by atoms with van der Waals surface area (Å²) in [6, 6.07) is 1.51. The van der Waals surface area contributed by atoms with Crippen LogP contribution < -0.4 is 15.8 Å². The molecule has 2 aromatic rings. The van der Waals surface area contributed by atoms with E-state index >= 15 is 4.39 Å². The predicted molar refractivity (Wildman–Crippen MR) is 119 cm³/mol. The molecule has 2 saturated heterocycles. The summed E-state index contributed by atoms with van der Waals surface area (Å²) in [7, 11) is 0. The number of piperidine rings is 1. The summed E-state index contributed by atoms with van der Waals surface area (Å²) in [5, 5.41) is 12.8. The fraction of sp³-hybridized carbons (Fsp3) is 0.583. The molecule has 2 N–H and O–H groups in total. The van der Waals surface area contributed by atoms with Crippen LogP contribution in [-0.2, 0) is 4.74 Å². The minimum Gasteiger partial charge on any atom is -0.477 e. The largest absolute Gasteiger partial charge is 0.477 e. The van der Waals surface area contributed by atoms with E-state index in [0.29, 0.717) is 35.4 Å². The van der Waals surface area contributed by atoms with Gasteiger partial charge in [-0.2, -0.15) is 0 Å². The number of aromatic carboxylic acids is 1. The van der Waals surface area contributed by atoms with Crippen LogP contribution in [0.5, 0.6) is 0 Å². The molecule has 1 aliphatic carbocycles. The molecule has 0 amide bonds. The van der Waals surface area contributed by atoms with Crippen LogP contribution >= 0.6 is 0 Å². The molecule has 8 heteroatoms. The number of rotatable bonds is 6. The normalized spacial score (nSPS) is 22.1. The van der Waals surface area contributed by atoms with E-state index < -0.39 is 17.3 Å². The van der Waals surface area contributed by atoms with Gasteiger partial charge in [0.1, 0.15) is 5.56 Å². The highest BCUT2D eigenvalue weighted by molar-refractivity contribution is 5.89. The number of carboxylic acids is 1. The number of hydrogen-bond donors (Lipinski definition) is 2. The third kappa shape index (κ3) is 3.90. The average Bonchev–Trinajstić information content (AvgIpc) is 3.52. The van der Waals surface area contributed by atoms with E-state index in [1.54, 1.807) is 0 Å². The maximum atomic E-state index is 15.3. The smallest absolute Gasteiger partial charge is 0.341 e. The summed E-state index contributed by atoms with van der Waals surface area (Å²) < 4.78 is 22.6. The molecule has 0 aromatic carbocycles. The van der Waals surface area contributed by atoms with E-state index in [-0.39, 0.29) is 11.5 Å². The first-order valence-electron chi connectivity index (χ1n) is 11.6. The molecule has 1 atom stereocenters. The Morgan fingerprint density at radius 3 is 2.69 bits per heavy atom. The molecular weight excluding hydrogens is 413 g/mol. The second kappa shape index (κ2) is 8.48. The summed E-state index contributed by atoms with van der Waals surface area (Å²) >= 11 is 0. The molecule has 3 fully saturated rings. The lowest BCUT2D eigenvalue weighted by molar-refractivity contribution is 0.0154. The van der Waals surface area contributed by atoms with Crippen LogP contribution in [0.3, 0.4) is 0 Å². The molecular formula is C24H30FN3O4. The van der Waals surface area contributed by atoms with Gasteiger partial charge in [0.25, 0.3) is 5.56 Å². The standard InChI is InChI=1S/C24H30FN3O4/c1-14-21-18(16-2-3-16)10-19(24(30)31)23(29)28(21)12-20(25)22(14)27-9-6-15(11-27)13-32-17-4-7-26-8-5-17/h10,12,15-17,26H,2-9,11,13H2,1H3,(H,30,31)/t15-/m1/s1. The number of halogens is 1. The summed E-state index contributed by atoms with van der Waals surface area (Å²) in [6.07, 6.45) is 6.41. The number of aryl methyl sites for hydroxylation is 1. The molecule has 2 aromatic heterocycles. The van der Waals surface area contributed by atoms with Crippen LogP contribution in [0, 0.1) is 18.7 Å². The van der Waals surface area contributed by atoms with Crippen molar-refractivity contribution in [3.8, 4) is 0 Å². The van der Waals surface area contributed by atoms with E-state index in [1.807, 2.05) is 6.92 Å². The number of pyridine rings is 2. The number of carboxylic acid groups (broad SMARTS) is 1. The Balaban J connectivity index is 1.44. The lowest BCUT2D eigenvalue weighted by atomic mass is 10.0. The highest BCUT2D eigenvalue weighted by Gasteiger charge is 2.32. The van der Waals surface area contributed by atoms with Crippen LogP contribution in [0.15, 0.2) is 17.1 Å². The zero-order valence-electron chi connectivity index (χ0n) is 18.4. The van der Waals surface area contributed by atoms with Gasteiger partial charge in [0, 0.05) is 19.0 Å². The lowest BCUT2D eigenvalue weighted by Crippen LogP contribution is -2.33. The fourth-order valence-corrected chi connectivity index (χ4v) is 5.30. The van der Waals surface area contributed by atoms with Crippen molar-refractivity contribution in [2.45, 2.75) is 51.0 Å². The minimum atomic E-state index is -1.27. The Labute approximate surface area is 186 Å². The number of ether oxygens (including phenoxy) is 1. The molecule has 0 spiro atoms. The molecule has 0 unspecified atom stereocenters.